The topological polar surface area (TPSA) is 97.6 Å². The van der Waals surface area contributed by atoms with E-state index in [2.05, 4.69) is 10.6 Å². The minimum absolute atomic E-state index is 0.247. The van der Waals surface area contributed by atoms with Gasteiger partial charge in [0.1, 0.15) is 11.3 Å². The van der Waals surface area contributed by atoms with Crippen LogP contribution in [0.5, 0.6) is 5.75 Å². The zero-order valence-electron chi connectivity index (χ0n) is 16.3. The van der Waals surface area contributed by atoms with E-state index in [4.69, 9.17) is 9.15 Å². The van der Waals surface area contributed by atoms with Crippen molar-refractivity contribution < 1.29 is 18.7 Å². The number of benzene rings is 2. The van der Waals surface area contributed by atoms with Crippen LogP contribution in [0.15, 0.2) is 57.7 Å². The van der Waals surface area contributed by atoms with Crippen molar-refractivity contribution in [1.82, 2.24) is 5.32 Å². The molecule has 2 aromatic carbocycles. The number of para-hydroxylation sites is 1. The Hall–Kier alpha value is -3.61. The fraction of sp³-hybridized carbons (Fsp3) is 0.227. The van der Waals surface area contributed by atoms with Crippen LogP contribution < -0.4 is 21.0 Å². The zero-order valence-corrected chi connectivity index (χ0v) is 16.3. The maximum atomic E-state index is 12.3. The summed E-state index contributed by atoms with van der Waals surface area (Å²) in [6, 6.07) is 13.2. The van der Waals surface area contributed by atoms with E-state index in [1.54, 1.807) is 42.5 Å². The highest BCUT2D eigenvalue weighted by Crippen LogP contribution is 2.22. The Kier molecular flexibility index (Phi) is 6.29. The second-order valence-electron chi connectivity index (χ2n) is 6.54. The van der Waals surface area contributed by atoms with E-state index in [1.807, 2.05) is 13.8 Å². The minimum atomic E-state index is -0.442. The van der Waals surface area contributed by atoms with Crippen LogP contribution in [0, 0.1) is 6.92 Å². The number of hydrogen-bond donors (Lipinski definition) is 2. The van der Waals surface area contributed by atoms with Crippen molar-refractivity contribution in [2.45, 2.75) is 20.3 Å². The summed E-state index contributed by atoms with van der Waals surface area (Å²) >= 11 is 0. The fourth-order valence-electron chi connectivity index (χ4n) is 2.85. The monoisotopic (exact) mass is 394 g/mol. The van der Waals surface area contributed by atoms with Gasteiger partial charge in [-0.1, -0.05) is 19.1 Å². The SMILES string of the molecule is CCCNC(=O)c1ccccc1NC(=O)COc1ccc2c(C)cc(=O)oc2c1. The van der Waals surface area contributed by atoms with E-state index in [0.29, 0.717) is 29.1 Å². The summed E-state index contributed by atoms with van der Waals surface area (Å²) < 4.78 is 10.7. The van der Waals surface area contributed by atoms with Crippen molar-refractivity contribution in [3.63, 3.8) is 0 Å². The molecule has 0 radical (unpaired) electrons. The third-order valence-electron chi connectivity index (χ3n) is 4.27. The van der Waals surface area contributed by atoms with Crippen LogP contribution in [0.4, 0.5) is 5.69 Å². The molecular formula is C22H22N2O5. The van der Waals surface area contributed by atoms with E-state index in [0.717, 1.165) is 17.4 Å². The van der Waals surface area contributed by atoms with Gasteiger partial charge in [-0.2, -0.15) is 0 Å². The molecule has 0 saturated carbocycles. The van der Waals surface area contributed by atoms with Gasteiger partial charge >= 0.3 is 5.63 Å². The van der Waals surface area contributed by atoms with Crippen molar-refractivity contribution in [3.05, 3.63) is 70.1 Å². The van der Waals surface area contributed by atoms with E-state index in [9.17, 15) is 14.4 Å². The van der Waals surface area contributed by atoms with Gasteiger partial charge in [0, 0.05) is 24.1 Å². The molecule has 0 unspecified atom stereocenters. The Morgan fingerprint density at radius 1 is 1.10 bits per heavy atom. The number of fused-ring (bicyclic) bond motifs is 1. The Morgan fingerprint density at radius 2 is 1.90 bits per heavy atom. The van der Waals surface area contributed by atoms with Crippen molar-refractivity contribution in [1.29, 1.82) is 0 Å². The van der Waals surface area contributed by atoms with E-state index in [-0.39, 0.29) is 12.5 Å². The number of carbonyl (C=O) groups excluding carboxylic acids is 2. The lowest BCUT2D eigenvalue weighted by molar-refractivity contribution is -0.118. The van der Waals surface area contributed by atoms with Crippen LogP contribution in [0.2, 0.25) is 0 Å². The summed E-state index contributed by atoms with van der Waals surface area (Å²) in [7, 11) is 0. The first-order valence-electron chi connectivity index (χ1n) is 9.32. The molecule has 0 aliphatic rings. The number of rotatable bonds is 7. The molecule has 0 fully saturated rings. The van der Waals surface area contributed by atoms with Crippen molar-refractivity contribution in [3.8, 4) is 5.75 Å². The molecule has 2 amide bonds. The van der Waals surface area contributed by atoms with Gasteiger partial charge in [-0.3, -0.25) is 9.59 Å². The molecule has 29 heavy (non-hydrogen) atoms. The summed E-state index contributed by atoms with van der Waals surface area (Å²) in [6.07, 6.45) is 0.819. The number of amides is 2. The summed E-state index contributed by atoms with van der Waals surface area (Å²) in [5.41, 5.74) is 1.55. The first-order chi connectivity index (χ1) is 14.0. The number of carbonyl (C=O) groups is 2. The lowest BCUT2D eigenvalue weighted by Crippen LogP contribution is -2.27. The molecule has 1 aromatic heterocycles. The van der Waals surface area contributed by atoms with Gasteiger partial charge < -0.3 is 19.8 Å². The summed E-state index contributed by atoms with van der Waals surface area (Å²) in [5, 5.41) is 6.28. The number of hydrogen-bond acceptors (Lipinski definition) is 5. The van der Waals surface area contributed by atoms with Gasteiger partial charge in [-0.05, 0) is 43.2 Å². The van der Waals surface area contributed by atoms with Gasteiger partial charge in [0.05, 0.1) is 11.3 Å². The Labute approximate surface area is 167 Å². The predicted octanol–water partition coefficient (Wildman–Crippen LogP) is 3.26. The number of aryl methyl sites for hydroxylation is 1. The van der Waals surface area contributed by atoms with Crippen molar-refractivity contribution in [2.24, 2.45) is 0 Å². The lowest BCUT2D eigenvalue weighted by Gasteiger charge is -2.12. The van der Waals surface area contributed by atoms with Crippen molar-refractivity contribution >= 4 is 28.5 Å². The molecule has 0 aliphatic carbocycles. The van der Waals surface area contributed by atoms with E-state index < -0.39 is 11.5 Å². The van der Waals surface area contributed by atoms with Crippen LogP contribution in [0.25, 0.3) is 11.0 Å². The number of anilines is 1. The molecule has 0 saturated heterocycles. The van der Waals surface area contributed by atoms with Gasteiger partial charge in [0.25, 0.3) is 11.8 Å². The van der Waals surface area contributed by atoms with Gasteiger partial charge in [-0.25, -0.2) is 4.79 Å². The van der Waals surface area contributed by atoms with E-state index >= 15 is 0 Å². The first kappa shape index (κ1) is 20.1. The largest absolute Gasteiger partial charge is 0.484 e. The second-order valence-corrected chi connectivity index (χ2v) is 6.54. The highest BCUT2D eigenvalue weighted by molar-refractivity contribution is 6.04. The quantitative estimate of drug-likeness (QED) is 0.600. The highest BCUT2D eigenvalue weighted by Gasteiger charge is 2.13. The molecule has 3 rings (SSSR count). The molecule has 7 heteroatoms. The molecule has 7 nitrogen and oxygen atoms in total. The van der Waals surface area contributed by atoms with Crippen LogP contribution in [-0.4, -0.2) is 25.0 Å². The molecular weight excluding hydrogens is 372 g/mol. The molecule has 1 heterocycles. The van der Waals surface area contributed by atoms with Crippen LogP contribution in [-0.2, 0) is 4.79 Å². The average molecular weight is 394 g/mol. The van der Waals surface area contributed by atoms with Gasteiger partial charge in [0.15, 0.2) is 6.61 Å². The van der Waals surface area contributed by atoms with Crippen LogP contribution >= 0.6 is 0 Å². The highest BCUT2D eigenvalue weighted by atomic mass is 16.5. The first-order valence-corrected chi connectivity index (χ1v) is 9.32. The summed E-state index contributed by atoms with van der Waals surface area (Å²) in [6.45, 7) is 4.08. The molecule has 0 aliphatic heterocycles. The lowest BCUT2D eigenvalue weighted by atomic mass is 10.1. The Balaban J connectivity index is 1.67. The molecule has 2 N–H and O–H groups in total. The standard InChI is InChI=1S/C22H22N2O5/c1-3-10-23-22(27)17-6-4-5-7-18(17)24-20(25)13-28-15-8-9-16-14(2)11-21(26)29-19(16)12-15/h4-9,11-12H,3,10,13H2,1-2H3,(H,23,27)(H,24,25). The minimum Gasteiger partial charge on any atom is -0.484 e. The zero-order chi connectivity index (χ0) is 20.8. The normalized spacial score (nSPS) is 10.6. The Morgan fingerprint density at radius 3 is 2.69 bits per heavy atom. The third-order valence-corrected chi connectivity index (χ3v) is 4.27. The molecule has 0 bridgehead atoms. The predicted molar refractivity (Wildman–Crippen MR) is 110 cm³/mol. The summed E-state index contributed by atoms with van der Waals surface area (Å²) in [4.78, 5) is 36.1. The molecule has 3 aromatic rings. The smallest absolute Gasteiger partial charge is 0.336 e. The van der Waals surface area contributed by atoms with Gasteiger partial charge in [-0.15, -0.1) is 0 Å². The average Bonchev–Trinajstić information content (AvgIpc) is 2.70. The fourth-order valence-corrected chi connectivity index (χ4v) is 2.85. The Bertz CT molecular complexity index is 1100. The third kappa shape index (κ3) is 5.01. The van der Waals surface area contributed by atoms with E-state index in [1.165, 1.54) is 6.07 Å². The molecule has 150 valence electrons. The summed E-state index contributed by atoms with van der Waals surface area (Å²) in [5.74, 6) is -0.259. The number of nitrogens with one attached hydrogen (secondary N) is 2. The van der Waals surface area contributed by atoms with Crippen LogP contribution in [0.3, 0.4) is 0 Å². The maximum Gasteiger partial charge on any atom is 0.336 e. The van der Waals surface area contributed by atoms with Gasteiger partial charge in [0.2, 0.25) is 0 Å². The molecule has 0 atom stereocenters. The maximum absolute atomic E-state index is 12.3. The van der Waals surface area contributed by atoms with Crippen molar-refractivity contribution in [2.75, 3.05) is 18.5 Å². The second kappa shape index (κ2) is 9.05. The van der Waals surface area contributed by atoms with Crippen LogP contribution in [0.1, 0.15) is 29.3 Å². The molecule has 0 spiro atoms. The number of ether oxygens (including phenoxy) is 1.